The molecule has 0 heterocycles. The van der Waals surface area contributed by atoms with Gasteiger partial charge in [-0.15, -0.1) is 0 Å². The van der Waals surface area contributed by atoms with Gasteiger partial charge < -0.3 is 11.1 Å². The Morgan fingerprint density at radius 2 is 2.12 bits per heavy atom. The number of rotatable bonds is 3. The van der Waals surface area contributed by atoms with E-state index in [1.807, 2.05) is 0 Å². The molecule has 0 aliphatic heterocycles. The van der Waals surface area contributed by atoms with Crippen LogP contribution in [0.15, 0.2) is 0 Å². The number of hydrazine groups is 1. The highest BCUT2D eigenvalue weighted by Gasteiger charge is 1.82. The maximum absolute atomic E-state index is 5.08. The summed E-state index contributed by atoms with van der Waals surface area (Å²) in [4.78, 5) is 0. The Bertz CT molecular complexity index is 73.7. The summed E-state index contributed by atoms with van der Waals surface area (Å²) in [6, 6.07) is 0. The second kappa shape index (κ2) is 4.76. The van der Waals surface area contributed by atoms with Crippen LogP contribution in [0.5, 0.6) is 0 Å². The van der Waals surface area contributed by atoms with Crippen molar-refractivity contribution < 1.29 is 0 Å². The lowest BCUT2D eigenvalue weighted by molar-refractivity contribution is 0.708. The quantitative estimate of drug-likeness (QED) is 0.160. The van der Waals surface area contributed by atoms with Crippen molar-refractivity contribution in [1.29, 1.82) is 0 Å². The van der Waals surface area contributed by atoms with Gasteiger partial charge in [0.05, 0.1) is 0 Å². The second-order valence-electron chi connectivity index (χ2n) is 1.25. The van der Waals surface area contributed by atoms with Crippen LogP contribution in [-0.2, 0) is 0 Å². The van der Waals surface area contributed by atoms with E-state index in [1.165, 1.54) is 0 Å². The summed E-state index contributed by atoms with van der Waals surface area (Å²) in [5.41, 5.74) is 7.53. The summed E-state index contributed by atoms with van der Waals surface area (Å²) in [5, 5.41) is 3.02. The highest BCUT2D eigenvalue weighted by Crippen LogP contribution is 1.54. The fourth-order valence-electron chi connectivity index (χ4n) is 0.258. The third kappa shape index (κ3) is 5.61. The SMILES string of the molecule is NNCCNC(N)=S. The molecular formula is C3H10N4S. The van der Waals surface area contributed by atoms with E-state index >= 15 is 0 Å². The van der Waals surface area contributed by atoms with Gasteiger partial charge in [-0.3, -0.25) is 11.3 Å². The van der Waals surface area contributed by atoms with Gasteiger partial charge in [-0.2, -0.15) is 0 Å². The molecule has 0 aromatic rings. The number of hydrogen-bond donors (Lipinski definition) is 4. The van der Waals surface area contributed by atoms with Crippen molar-refractivity contribution in [2.75, 3.05) is 13.1 Å². The zero-order valence-electron chi connectivity index (χ0n) is 4.48. The third-order valence-corrected chi connectivity index (χ3v) is 0.713. The summed E-state index contributed by atoms with van der Waals surface area (Å²) in [7, 11) is 0. The zero-order valence-corrected chi connectivity index (χ0v) is 5.29. The first-order chi connectivity index (χ1) is 3.77. The van der Waals surface area contributed by atoms with Gasteiger partial charge in [-0.1, -0.05) is 0 Å². The van der Waals surface area contributed by atoms with E-state index in [0.717, 1.165) is 0 Å². The summed E-state index contributed by atoms with van der Waals surface area (Å²) < 4.78 is 0. The third-order valence-electron chi connectivity index (χ3n) is 0.569. The molecule has 0 aliphatic rings. The van der Waals surface area contributed by atoms with Gasteiger partial charge >= 0.3 is 0 Å². The number of hydrogen-bond acceptors (Lipinski definition) is 3. The van der Waals surface area contributed by atoms with Crippen molar-refractivity contribution in [3.05, 3.63) is 0 Å². The normalized spacial score (nSPS) is 8.62. The summed E-state index contributed by atoms with van der Waals surface area (Å²) >= 11 is 4.51. The van der Waals surface area contributed by atoms with Gasteiger partial charge in [0.2, 0.25) is 0 Å². The van der Waals surface area contributed by atoms with E-state index < -0.39 is 0 Å². The minimum atomic E-state index is 0.306. The van der Waals surface area contributed by atoms with E-state index in [1.54, 1.807) is 0 Å². The molecule has 4 nitrogen and oxygen atoms in total. The lowest BCUT2D eigenvalue weighted by Crippen LogP contribution is -2.37. The Kier molecular flexibility index (Phi) is 4.53. The molecule has 5 heteroatoms. The van der Waals surface area contributed by atoms with Crippen molar-refractivity contribution in [3.8, 4) is 0 Å². The molecule has 0 atom stereocenters. The van der Waals surface area contributed by atoms with Crippen LogP contribution in [-0.4, -0.2) is 18.2 Å². The lowest BCUT2D eigenvalue weighted by atomic mass is 10.6. The molecule has 0 saturated carbocycles. The van der Waals surface area contributed by atoms with Gasteiger partial charge in [0, 0.05) is 13.1 Å². The molecule has 0 amide bonds. The first-order valence-electron chi connectivity index (χ1n) is 2.24. The maximum atomic E-state index is 5.08. The Morgan fingerprint density at radius 1 is 1.50 bits per heavy atom. The summed E-state index contributed by atoms with van der Waals surface area (Å²) in [6.45, 7) is 1.34. The topological polar surface area (TPSA) is 76.1 Å². The molecule has 0 bridgehead atoms. The number of nitrogens with two attached hydrogens (primary N) is 2. The average molecular weight is 134 g/mol. The fourth-order valence-corrected chi connectivity index (χ4v) is 0.360. The van der Waals surface area contributed by atoms with Crippen LogP contribution in [0.25, 0.3) is 0 Å². The molecule has 0 fully saturated rings. The van der Waals surface area contributed by atoms with Crippen LogP contribution < -0.4 is 22.3 Å². The Balaban J connectivity index is 2.82. The summed E-state index contributed by atoms with van der Waals surface area (Å²) in [5.74, 6) is 4.94. The van der Waals surface area contributed by atoms with Crippen LogP contribution in [0.3, 0.4) is 0 Å². The van der Waals surface area contributed by atoms with Gasteiger partial charge in [-0.25, -0.2) is 0 Å². The molecule has 0 unspecified atom stereocenters. The molecule has 0 spiro atoms. The Hall–Kier alpha value is -0.390. The fraction of sp³-hybridized carbons (Fsp3) is 0.667. The highest BCUT2D eigenvalue weighted by molar-refractivity contribution is 7.80. The van der Waals surface area contributed by atoms with Crippen molar-refractivity contribution in [2.45, 2.75) is 0 Å². The largest absolute Gasteiger partial charge is 0.376 e. The Labute approximate surface area is 53.6 Å². The highest BCUT2D eigenvalue weighted by atomic mass is 32.1. The molecule has 0 radical (unpaired) electrons. The molecule has 0 rings (SSSR count). The predicted octanol–water partition coefficient (Wildman–Crippen LogP) is -1.72. The molecule has 0 saturated heterocycles. The van der Waals surface area contributed by atoms with Crippen molar-refractivity contribution in [3.63, 3.8) is 0 Å². The van der Waals surface area contributed by atoms with E-state index in [4.69, 9.17) is 11.6 Å². The van der Waals surface area contributed by atoms with Crippen LogP contribution in [0, 0.1) is 0 Å². The first kappa shape index (κ1) is 7.61. The van der Waals surface area contributed by atoms with Gasteiger partial charge in [0.1, 0.15) is 0 Å². The van der Waals surface area contributed by atoms with Crippen LogP contribution >= 0.6 is 12.2 Å². The zero-order chi connectivity index (χ0) is 6.41. The van der Waals surface area contributed by atoms with Gasteiger partial charge in [0.15, 0.2) is 5.11 Å². The lowest BCUT2D eigenvalue weighted by Gasteiger charge is -2.00. The van der Waals surface area contributed by atoms with Gasteiger partial charge in [0.25, 0.3) is 0 Å². The van der Waals surface area contributed by atoms with E-state index in [2.05, 4.69) is 23.0 Å². The van der Waals surface area contributed by atoms with Crippen molar-refractivity contribution >= 4 is 17.3 Å². The minimum absolute atomic E-state index is 0.306. The number of thiocarbonyl (C=S) groups is 1. The Morgan fingerprint density at radius 3 is 2.50 bits per heavy atom. The van der Waals surface area contributed by atoms with E-state index in [-0.39, 0.29) is 0 Å². The number of nitrogens with one attached hydrogen (secondary N) is 2. The van der Waals surface area contributed by atoms with Crippen LogP contribution in [0.4, 0.5) is 0 Å². The average Bonchev–Trinajstić information content (AvgIpc) is 1.66. The van der Waals surface area contributed by atoms with Gasteiger partial charge in [-0.05, 0) is 12.2 Å². The van der Waals surface area contributed by atoms with E-state index in [9.17, 15) is 0 Å². The van der Waals surface area contributed by atoms with Crippen molar-refractivity contribution in [1.82, 2.24) is 10.7 Å². The predicted molar refractivity (Wildman–Crippen MR) is 37.0 cm³/mol. The molecule has 0 aliphatic carbocycles. The standard InChI is InChI=1S/C3H10N4S/c4-3(8)6-1-2-7-5/h7H,1-2,5H2,(H3,4,6,8). The summed E-state index contributed by atoms with van der Waals surface area (Å²) in [6.07, 6.45) is 0. The van der Waals surface area contributed by atoms with Crippen LogP contribution in [0.2, 0.25) is 0 Å². The van der Waals surface area contributed by atoms with Crippen molar-refractivity contribution in [2.24, 2.45) is 11.6 Å². The van der Waals surface area contributed by atoms with E-state index in [0.29, 0.717) is 18.2 Å². The second-order valence-corrected chi connectivity index (χ2v) is 1.68. The molecule has 6 N–H and O–H groups in total. The smallest absolute Gasteiger partial charge is 0.163 e. The molecule has 0 aromatic carbocycles. The maximum Gasteiger partial charge on any atom is 0.163 e. The van der Waals surface area contributed by atoms with Crippen LogP contribution in [0.1, 0.15) is 0 Å². The molecular weight excluding hydrogens is 124 g/mol. The minimum Gasteiger partial charge on any atom is -0.376 e. The molecule has 0 aromatic heterocycles. The first-order valence-corrected chi connectivity index (χ1v) is 2.65. The molecule has 48 valence electrons. The monoisotopic (exact) mass is 134 g/mol. The molecule has 8 heavy (non-hydrogen) atoms.